The summed E-state index contributed by atoms with van der Waals surface area (Å²) in [4.78, 5) is 0. The minimum absolute atomic E-state index is 0.635. The molecular weight excluding hydrogens is 275 g/mol. The Balaban J connectivity index is 2.11. The van der Waals surface area contributed by atoms with Crippen LogP contribution in [-0.2, 0) is 4.57 Å². The molecule has 0 radical (unpaired) electrons. The molecule has 0 spiro atoms. The number of allylic oxidation sites excluding steroid dienone is 2. The van der Waals surface area contributed by atoms with Gasteiger partial charge in [-0.3, -0.25) is 0 Å². The first-order valence-corrected chi connectivity index (χ1v) is 8.18. The molecule has 0 N–H and O–H groups in total. The molecule has 1 unspecified atom stereocenters. The smallest absolute Gasteiger partial charge is 0.172 e. The fourth-order valence-corrected chi connectivity index (χ4v) is 6.11. The highest BCUT2D eigenvalue weighted by Crippen LogP contribution is 2.60. The van der Waals surface area contributed by atoms with Crippen molar-refractivity contribution in [3.63, 3.8) is 0 Å². The largest absolute Gasteiger partial charge is 0.309 e. The van der Waals surface area contributed by atoms with Crippen molar-refractivity contribution in [2.75, 3.05) is 0 Å². The third-order valence-electron chi connectivity index (χ3n) is 3.71. The average Bonchev–Trinajstić information content (AvgIpc) is 2.72. The van der Waals surface area contributed by atoms with E-state index < -0.39 is 7.14 Å². The van der Waals surface area contributed by atoms with Gasteiger partial charge in [0.05, 0.1) is 0 Å². The molecule has 0 aliphatic carbocycles. The summed E-state index contributed by atoms with van der Waals surface area (Å²) >= 11 is 6.08. The number of halogens is 1. The van der Waals surface area contributed by atoms with Crippen LogP contribution in [0, 0.1) is 0 Å². The molecule has 1 nitrogen and oxygen atoms in total. The summed E-state index contributed by atoms with van der Waals surface area (Å²) < 4.78 is 13.6. The van der Waals surface area contributed by atoms with Gasteiger partial charge in [0.1, 0.15) is 0 Å². The molecule has 2 aliphatic rings. The highest BCUT2D eigenvalue weighted by molar-refractivity contribution is 7.83. The van der Waals surface area contributed by atoms with E-state index in [-0.39, 0.29) is 0 Å². The second-order valence-electron chi connectivity index (χ2n) is 4.77. The summed E-state index contributed by atoms with van der Waals surface area (Å²) in [6, 6.07) is 13.5. The Hall–Kier alpha value is -1.56. The van der Waals surface area contributed by atoms with E-state index in [1.54, 1.807) is 0 Å². The van der Waals surface area contributed by atoms with Gasteiger partial charge in [0.25, 0.3) is 0 Å². The molecule has 2 heterocycles. The van der Waals surface area contributed by atoms with Crippen LogP contribution in [0.15, 0.2) is 53.9 Å². The number of benzene rings is 2. The lowest BCUT2D eigenvalue weighted by atomic mass is 10.2. The van der Waals surface area contributed by atoms with Crippen LogP contribution >= 0.6 is 18.7 Å². The SMILES string of the molecule is O=P12C(=Cc3ccc(Cl)cc31)C=Cc1ccccc12. The molecule has 92 valence electrons. The number of fused-ring (bicyclic) bond motifs is 5. The lowest BCUT2D eigenvalue weighted by molar-refractivity contribution is 0.591. The van der Waals surface area contributed by atoms with Crippen LogP contribution in [0.4, 0.5) is 0 Å². The minimum Gasteiger partial charge on any atom is -0.309 e. The molecule has 0 aromatic heterocycles. The van der Waals surface area contributed by atoms with Crippen molar-refractivity contribution in [3.8, 4) is 0 Å². The zero-order chi connectivity index (χ0) is 13.0. The highest BCUT2D eigenvalue weighted by atomic mass is 35.5. The topological polar surface area (TPSA) is 17.1 Å². The maximum atomic E-state index is 13.6. The van der Waals surface area contributed by atoms with Gasteiger partial charge in [0.2, 0.25) is 0 Å². The second-order valence-corrected chi connectivity index (χ2v) is 7.91. The molecule has 4 rings (SSSR count). The monoisotopic (exact) mass is 284 g/mol. The summed E-state index contributed by atoms with van der Waals surface area (Å²) in [5.41, 5.74) is 2.06. The number of hydrogen-bond acceptors (Lipinski definition) is 1. The second kappa shape index (κ2) is 3.72. The van der Waals surface area contributed by atoms with Crippen LogP contribution < -0.4 is 10.6 Å². The number of hydrogen-bond donors (Lipinski definition) is 0. The van der Waals surface area contributed by atoms with Crippen molar-refractivity contribution in [3.05, 3.63) is 70.0 Å². The van der Waals surface area contributed by atoms with E-state index in [9.17, 15) is 4.57 Å². The van der Waals surface area contributed by atoms with Crippen LogP contribution in [0.25, 0.3) is 12.2 Å². The van der Waals surface area contributed by atoms with E-state index in [0.29, 0.717) is 5.02 Å². The van der Waals surface area contributed by atoms with Crippen LogP contribution in [-0.4, -0.2) is 0 Å². The average molecular weight is 285 g/mol. The van der Waals surface area contributed by atoms with Gasteiger partial charge in [-0.05, 0) is 29.3 Å². The van der Waals surface area contributed by atoms with Crippen LogP contribution in [0.1, 0.15) is 11.1 Å². The molecule has 0 fully saturated rings. The Bertz CT molecular complexity index is 817. The zero-order valence-electron chi connectivity index (χ0n) is 10.0. The van der Waals surface area contributed by atoms with Crippen LogP contribution in [0.3, 0.4) is 0 Å². The van der Waals surface area contributed by atoms with Crippen LogP contribution in [0.5, 0.6) is 0 Å². The van der Waals surface area contributed by atoms with E-state index in [4.69, 9.17) is 11.6 Å². The van der Waals surface area contributed by atoms with Crippen LogP contribution in [0.2, 0.25) is 5.02 Å². The van der Waals surface area contributed by atoms with Crippen molar-refractivity contribution in [1.29, 1.82) is 0 Å². The van der Waals surface area contributed by atoms with E-state index in [1.807, 2.05) is 60.7 Å². The standard InChI is InChI=1S/C16H10ClOP/c17-13-7-5-12-9-14-8-6-11-3-1-2-4-15(11)19(14,18)16(12)10-13/h1-10H. The molecule has 2 aromatic carbocycles. The van der Waals surface area contributed by atoms with Gasteiger partial charge in [-0.15, -0.1) is 0 Å². The van der Waals surface area contributed by atoms with E-state index in [1.165, 1.54) is 0 Å². The summed E-state index contributed by atoms with van der Waals surface area (Å²) in [5.74, 6) is 0. The molecule has 0 bridgehead atoms. The Morgan fingerprint density at radius 2 is 1.74 bits per heavy atom. The molecule has 0 amide bonds. The van der Waals surface area contributed by atoms with Crippen molar-refractivity contribution in [1.82, 2.24) is 0 Å². The molecule has 0 saturated carbocycles. The number of rotatable bonds is 0. The molecule has 3 heteroatoms. The fraction of sp³-hybridized carbons (Fsp3) is 0. The van der Waals surface area contributed by atoms with Crippen molar-refractivity contribution in [2.45, 2.75) is 0 Å². The minimum atomic E-state index is -2.69. The van der Waals surface area contributed by atoms with E-state index >= 15 is 0 Å². The normalized spacial score (nSPS) is 22.5. The molecule has 1 atom stereocenters. The first kappa shape index (κ1) is 11.3. The van der Waals surface area contributed by atoms with Gasteiger partial charge in [-0.1, -0.05) is 54.1 Å². The maximum absolute atomic E-state index is 13.6. The third kappa shape index (κ3) is 1.40. The first-order chi connectivity index (χ1) is 9.19. The Morgan fingerprint density at radius 3 is 2.63 bits per heavy atom. The Kier molecular flexibility index (Phi) is 2.21. The molecule has 19 heavy (non-hydrogen) atoms. The first-order valence-electron chi connectivity index (χ1n) is 6.10. The molecule has 2 aromatic rings. The molecular formula is C16H10ClOP. The lowest BCUT2D eigenvalue weighted by Crippen LogP contribution is -2.19. The van der Waals surface area contributed by atoms with Gasteiger partial charge < -0.3 is 4.57 Å². The van der Waals surface area contributed by atoms with Gasteiger partial charge in [0, 0.05) is 20.9 Å². The summed E-state index contributed by atoms with van der Waals surface area (Å²) in [7, 11) is -2.69. The highest BCUT2D eigenvalue weighted by Gasteiger charge is 2.39. The predicted molar refractivity (Wildman–Crippen MR) is 81.8 cm³/mol. The summed E-state index contributed by atoms with van der Waals surface area (Å²) in [6.07, 6.45) is 6.01. The quantitative estimate of drug-likeness (QED) is 0.668. The van der Waals surface area contributed by atoms with E-state index in [0.717, 1.165) is 27.1 Å². The molecule has 2 aliphatic heterocycles. The molecule has 0 saturated heterocycles. The Labute approximate surface area is 116 Å². The van der Waals surface area contributed by atoms with Gasteiger partial charge >= 0.3 is 0 Å². The third-order valence-corrected chi connectivity index (χ3v) is 7.10. The Morgan fingerprint density at radius 1 is 0.895 bits per heavy atom. The maximum Gasteiger partial charge on any atom is 0.172 e. The van der Waals surface area contributed by atoms with Gasteiger partial charge in [0.15, 0.2) is 7.14 Å². The van der Waals surface area contributed by atoms with Crippen molar-refractivity contribution in [2.24, 2.45) is 0 Å². The summed E-state index contributed by atoms with van der Waals surface area (Å²) in [6.45, 7) is 0. The summed E-state index contributed by atoms with van der Waals surface area (Å²) in [5, 5.41) is 3.33. The van der Waals surface area contributed by atoms with Crippen molar-refractivity contribution < 1.29 is 4.57 Å². The lowest BCUT2D eigenvalue weighted by Gasteiger charge is -2.22. The fourth-order valence-electron chi connectivity index (χ4n) is 2.81. The van der Waals surface area contributed by atoms with Crippen molar-refractivity contribution >= 4 is 41.5 Å². The van der Waals surface area contributed by atoms with Gasteiger partial charge in [-0.2, -0.15) is 0 Å². The zero-order valence-corrected chi connectivity index (χ0v) is 11.7. The van der Waals surface area contributed by atoms with Gasteiger partial charge in [-0.25, -0.2) is 0 Å². The predicted octanol–water partition coefficient (Wildman–Crippen LogP) is 4.04. The van der Waals surface area contributed by atoms with E-state index in [2.05, 4.69) is 0 Å².